The predicted octanol–water partition coefficient (Wildman–Crippen LogP) is 8.71. The number of amides is 1. The van der Waals surface area contributed by atoms with Gasteiger partial charge in [0.1, 0.15) is 73.2 Å². The molecule has 0 saturated carbocycles. The largest absolute Gasteiger partial charge is 0.394 e. The molecule has 1 amide bonds. The van der Waals surface area contributed by atoms with Crippen LogP contribution < -0.4 is 5.32 Å². The van der Waals surface area contributed by atoms with Crippen LogP contribution in [0.15, 0.2) is 170 Å². The van der Waals surface area contributed by atoms with Crippen LogP contribution in [0.4, 0.5) is 0 Å². The molecule has 17 atom stereocenters. The van der Waals surface area contributed by atoms with Crippen molar-refractivity contribution >= 4 is 5.91 Å². The van der Waals surface area contributed by atoms with Gasteiger partial charge in [0.15, 0.2) is 18.9 Å². The molecule has 524 valence electrons. The number of hydrogen-bond donors (Lipinski definition) is 12. The monoisotopic (exact) mass is 1310 g/mol. The highest BCUT2D eigenvalue weighted by Crippen LogP contribution is 2.33. The molecule has 3 heterocycles. The van der Waals surface area contributed by atoms with Crippen molar-refractivity contribution in [3.63, 3.8) is 0 Å². The minimum absolute atomic E-state index is 0.192. The maximum Gasteiger partial charge on any atom is 0.220 e. The standard InChI is InChI=1S/C74H115NO18/c1-3-5-7-9-11-12-13-14-15-16-17-18-19-20-21-22-23-24-25-26-27-28-29-30-31-32-33-34-35-36-37-38-39-40-41-42-43-44-46-48-50-52-62(80)75-57(58(79)51-49-47-45-10-8-6-4-2)56-88-72-68(86)65(83)70(60(54-77)90-72)93-74-69(87)66(84)71(61(55-78)91-74)92-73-67(85)64(82)63(81)59(53-76)89-73/h5,7-8,10-12,14-15,17-18,20-21,23-24,26-27,29-30,32-33,35-36,38-39,41-42,49,51,57-61,63-74,76-79,81-87H,3-4,6,9,13,16,19,22,25,28,31,34,37,40,43-48,50,52-56H2,1-2H3,(H,75,80)/b7-5-,10-8+,12-11-,15-14-,18-17-,21-20-,24-23-,27-26-,30-29-,33-32-,36-35-,39-38-,42-41-,51-49+. The van der Waals surface area contributed by atoms with Gasteiger partial charge in [-0.15, -0.1) is 0 Å². The van der Waals surface area contributed by atoms with Crippen LogP contribution in [-0.4, -0.2) is 193 Å². The van der Waals surface area contributed by atoms with Gasteiger partial charge in [-0.3, -0.25) is 4.79 Å². The Morgan fingerprint density at radius 3 is 1.18 bits per heavy atom. The zero-order valence-electron chi connectivity index (χ0n) is 55.1. The third kappa shape index (κ3) is 35.1. The number of ether oxygens (including phenoxy) is 6. The van der Waals surface area contributed by atoms with E-state index in [1.807, 2.05) is 0 Å². The van der Waals surface area contributed by atoms with Crippen molar-refractivity contribution in [1.29, 1.82) is 0 Å². The summed E-state index contributed by atoms with van der Waals surface area (Å²) in [6.45, 7) is 1.40. The van der Waals surface area contributed by atoms with Crippen LogP contribution in [0.5, 0.6) is 0 Å². The maximum atomic E-state index is 13.3. The first-order valence-corrected chi connectivity index (χ1v) is 33.9. The van der Waals surface area contributed by atoms with E-state index in [1.54, 1.807) is 12.2 Å². The van der Waals surface area contributed by atoms with E-state index in [2.05, 4.69) is 177 Å². The highest BCUT2D eigenvalue weighted by Gasteiger charge is 2.53. The van der Waals surface area contributed by atoms with Crippen molar-refractivity contribution in [1.82, 2.24) is 5.32 Å². The van der Waals surface area contributed by atoms with Gasteiger partial charge in [-0.25, -0.2) is 0 Å². The van der Waals surface area contributed by atoms with Crippen LogP contribution in [0.25, 0.3) is 0 Å². The molecule has 3 aliphatic rings. The number of carbonyl (C=O) groups excluding carboxylic acids is 1. The normalized spacial score (nSPS) is 28.6. The second kappa shape index (κ2) is 53.3. The first-order valence-electron chi connectivity index (χ1n) is 33.9. The van der Waals surface area contributed by atoms with Crippen LogP contribution >= 0.6 is 0 Å². The Kier molecular flexibility index (Phi) is 47.2. The second-order valence-corrected chi connectivity index (χ2v) is 23.2. The van der Waals surface area contributed by atoms with Gasteiger partial charge < -0.3 is 89.9 Å². The molecule has 3 fully saturated rings. The van der Waals surface area contributed by atoms with E-state index in [-0.39, 0.29) is 12.3 Å². The van der Waals surface area contributed by atoms with E-state index in [4.69, 9.17) is 28.4 Å². The van der Waals surface area contributed by atoms with Gasteiger partial charge in [0.25, 0.3) is 0 Å². The zero-order valence-corrected chi connectivity index (χ0v) is 55.1. The Morgan fingerprint density at radius 2 is 0.753 bits per heavy atom. The van der Waals surface area contributed by atoms with E-state index in [0.29, 0.717) is 12.8 Å². The van der Waals surface area contributed by atoms with Gasteiger partial charge in [-0.2, -0.15) is 0 Å². The molecule has 19 heteroatoms. The molecule has 3 rings (SSSR count). The van der Waals surface area contributed by atoms with Crippen molar-refractivity contribution in [3.8, 4) is 0 Å². The molecule has 3 aliphatic heterocycles. The fourth-order valence-electron chi connectivity index (χ4n) is 10.0. The number of allylic oxidation sites excluding steroid dienone is 27. The summed E-state index contributed by atoms with van der Waals surface area (Å²) in [5.41, 5.74) is 0. The Labute approximate surface area is 554 Å². The summed E-state index contributed by atoms with van der Waals surface area (Å²) in [7, 11) is 0. The molecule has 12 N–H and O–H groups in total. The molecule has 3 saturated heterocycles. The molecule has 93 heavy (non-hydrogen) atoms. The number of aliphatic hydroxyl groups excluding tert-OH is 11. The topological polar surface area (TPSA) is 307 Å². The Hall–Kier alpha value is -4.85. The lowest BCUT2D eigenvalue weighted by Crippen LogP contribution is -2.66. The molecular formula is C74H115NO18. The van der Waals surface area contributed by atoms with Crippen molar-refractivity contribution in [2.45, 2.75) is 259 Å². The Morgan fingerprint density at radius 1 is 0.398 bits per heavy atom. The number of nitrogens with one attached hydrogen (secondary N) is 1. The average molecular weight is 1310 g/mol. The van der Waals surface area contributed by atoms with E-state index in [0.717, 1.165) is 122 Å². The van der Waals surface area contributed by atoms with Crippen molar-refractivity contribution in [2.24, 2.45) is 0 Å². The van der Waals surface area contributed by atoms with Gasteiger partial charge in [-0.05, 0) is 116 Å². The molecule has 0 aromatic rings. The molecule has 0 aromatic heterocycles. The van der Waals surface area contributed by atoms with E-state index in [1.165, 1.54) is 0 Å². The lowest BCUT2D eigenvalue weighted by atomic mass is 9.96. The van der Waals surface area contributed by atoms with Gasteiger partial charge in [0.2, 0.25) is 5.91 Å². The molecule has 0 spiro atoms. The third-order valence-electron chi connectivity index (χ3n) is 15.5. The van der Waals surface area contributed by atoms with E-state index < -0.39 is 131 Å². The molecule has 19 nitrogen and oxygen atoms in total. The Balaban J connectivity index is 1.31. The van der Waals surface area contributed by atoms with E-state index >= 15 is 0 Å². The minimum Gasteiger partial charge on any atom is -0.394 e. The summed E-state index contributed by atoms with van der Waals surface area (Å²) in [4.78, 5) is 13.3. The lowest BCUT2D eigenvalue weighted by Gasteiger charge is -2.48. The number of hydrogen-bond acceptors (Lipinski definition) is 18. The summed E-state index contributed by atoms with van der Waals surface area (Å²) >= 11 is 0. The first kappa shape index (κ1) is 82.4. The van der Waals surface area contributed by atoms with Crippen LogP contribution in [0.3, 0.4) is 0 Å². The van der Waals surface area contributed by atoms with Crippen molar-refractivity contribution in [3.05, 3.63) is 170 Å². The fraction of sp³-hybridized carbons (Fsp3) is 0.608. The summed E-state index contributed by atoms with van der Waals surface area (Å²) in [5.74, 6) is -0.324. The first-order chi connectivity index (χ1) is 45.3. The summed E-state index contributed by atoms with van der Waals surface area (Å²) in [5, 5.41) is 120. The van der Waals surface area contributed by atoms with E-state index in [9.17, 15) is 61.0 Å². The van der Waals surface area contributed by atoms with Crippen LogP contribution in [0, 0.1) is 0 Å². The second-order valence-electron chi connectivity index (χ2n) is 23.2. The highest BCUT2D eigenvalue weighted by atomic mass is 16.8. The lowest BCUT2D eigenvalue weighted by molar-refractivity contribution is -0.379. The fourth-order valence-corrected chi connectivity index (χ4v) is 10.0. The van der Waals surface area contributed by atoms with Gasteiger partial charge in [0, 0.05) is 6.42 Å². The summed E-state index contributed by atoms with van der Waals surface area (Å²) in [6.07, 6.45) is 52.6. The van der Waals surface area contributed by atoms with Gasteiger partial charge in [-0.1, -0.05) is 203 Å². The molecule has 0 bridgehead atoms. The van der Waals surface area contributed by atoms with Gasteiger partial charge >= 0.3 is 0 Å². The predicted molar refractivity (Wildman–Crippen MR) is 364 cm³/mol. The number of aliphatic hydroxyl groups is 11. The van der Waals surface area contributed by atoms with Crippen molar-refractivity contribution < 1.29 is 89.4 Å². The molecule has 0 aromatic carbocycles. The molecule has 0 radical (unpaired) electrons. The molecule has 17 unspecified atom stereocenters. The summed E-state index contributed by atoms with van der Waals surface area (Å²) in [6, 6.07) is -1.01. The van der Waals surface area contributed by atoms with Gasteiger partial charge in [0.05, 0.1) is 38.6 Å². The number of rotatable bonds is 48. The SMILES string of the molecule is CC/C=C\C/C=C\C/C=C\C/C=C\C/C=C\C/C=C\C/C=C\C/C=C\C/C=C\C/C=C\C/C=C\C/C=C\CCCCCCC(=O)NC(COC1OC(CO)C(OC2OC(CO)C(OC3OC(CO)C(O)C(O)C3O)C(O)C2O)C(O)C1O)C(O)/C=C/CC/C=C/CCC. The molecular weight excluding hydrogens is 1190 g/mol. The zero-order chi connectivity index (χ0) is 67.5. The average Bonchev–Trinajstić information content (AvgIpc) is 0.798. The Bertz CT molecular complexity index is 2350. The summed E-state index contributed by atoms with van der Waals surface area (Å²) < 4.78 is 34.1. The van der Waals surface area contributed by atoms with Crippen molar-refractivity contribution in [2.75, 3.05) is 26.4 Å². The van der Waals surface area contributed by atoms with Crippen LogP contribution in [0.1, 0.15) is 155 Å². The smallest absolute Gasteiger partial charge is 0.220 e. The molecule has 0 aliphatic carbocycles. The maximum absolute atomic E-state index is 13.3. The third-order valence-corrected chi connectivity index (χ3v) is 15.5. The minimum atomic E-state index is -1.99. The number of carbonyl (C=O) groups is 1. The number of unbranched alkanes of at least 4 members (excludes halogenated alkanes) is 6. The van der Waals surface area contributed by atoms with Crippen LogP contribution in [0.2, 0.25) is 0 Å². The quantitative estimate of drug-likeness (QED) is 0.0200. The highest BCUT2D eigenvalue weighted by molar-refractivity contribution is 5.76. The van der Waals surface area contributed by atoms with Crippen LogP contribution in [-0.2, 0) is 33.2 Å².